The molecule has 0 atom stereocenters. The smallest absolute Gasteiger partial charge is 0.312 e. The second kappa shape index (κ2) is 4.55. The minimum atomic E-state index is -3.52. The molecule has 0 amide bonds. The monoisotopic (exact) mass is 272 g/mol. The SMILES string of the molecule is O=S1(=O)CC=Cc2ccc(-c3ccccc3)cc2O1. The van der Waals surface area contributed by atoms with Gasteiger partial charge in [-0.25, -0.2) is 0 Å². The zero-order valence-electron chi connectivity index (χ0n) is 10.1. The van der Waals surface area contributed by atoms with Crippen molar-refractivity contribution in [2.24, 2.45) is 0 Å². The van der Waals surface area contributed by atoms with Gasteiger partial charge in [0.25, 0.3) is 0 Å². The summed E-state index contributed by atoms with van der Waals surface area (Å²) in [6.07, 6.45) is 3.37. The van der Waals surface area contributed by atoms with Crippen LogP contribution in [-0.2, 0) is 10.1 Å². The number of fused-ring (bicyclic) bond motifs is 1. The predicted molar refractivity (Wildman–Crippen MR) is 75.3 cm³/mol. The van der Waals surface area contributed by atoms with Gasteiger partial charge in [0.15, 0.2) is 0 Å². The second-order valence-electron chi connectivity index (χ2n) is 4.33. The molecule has 0 radical (unpaired) electrons. The van der Waals surface area contributed by atoms with E-state index in [9.17, 15) is 8.42 Å². The van der Waals surface area contributed by atoms with E-state index in [2.05, 4.69) is 0 Å². The fourth-order valence-corrected chi connectivity index (χ4v) is 2.84. The minimum Gasteiger partial charge on any atom is -0.382 e. The summed E-state index contributed by atoms with van der Waals surface area (Å²) in [5.41, 5.74) is 2.74. The standard InChI is InChI=1S/C15H12O3S/c16-19(17)10-4-7-13-8-9-14(11-15(13)18-19)12-5-2-1-3-6-12/h1-9,11H,10H2. The molecule has 3 rings (SSSR count). The van der Waals surface area contributed by atoms with E-state index in [4.69, 9.17) is 4.18 Å². The van der Waals surface area contributed by atoms with Crippen LogP contribution in [0.3, 0.4) is 0 Å². The van der Waals surface area contributed by atoms with Gasteiger partial charge in [-0.2, -0.15) is 8.42 Å². The van der Waals surface area contributed by atoms with Gasteiger partial charge in [-0.05, 0) is 17.2 Å². The molecule has 0 fully saturated rings. The molecule has 0 aliphatic carbocycles. The molecule has 1 aliphatic rings. The van der Waals surface area contributed by atoms with E-state index < -0.39 is 10.1 Å². The Kier molecular flexibility index (Phi) is 2.87. The summed E-state index contributed by atoms with van der Waals surface area (Å²) in [4.78, 5) is 0. The highest BCUT2D eigenvalue weighted by molar-refractivity contribution is 7.87. The molecule has 0 bridgehead atoms. The number of hydrogen-bond donors (Lipinski definition) is 0. The maximum Gasteiger partial charge on any atom is 0.312 e. The van der Waals surface area contributed by atoms with Crippen LogP contribution in [0.4, 0.5) is 0 Å². The third kappa shape index (κ3) is 2.53. The number of rotatable bonds is 1. The molecule has 2 aromatic carbocycles. The summed E-state index contributed by atoms with van der Waals surface area (Å²) >= 11 is 0. The van der Waals surface area contributed by atoms with Crippen LogP contribution in [0.2, 0.25) is 0 Å². The maximum atomic E-state index is 11.6. The first-order chi connectivity index (χ1) is 9.14. The summed E-state index contributed by atoms with van der Waals surface area (Å²) in [5, 5.41) is 0. The average molecular weight is 272 g/mol. The van der Waals surface area contributed by atoms with E-state index in [1.54, 1.807) is 18.2 Å². The van der Waals surface area contributed by atoms with Crippen LogP contribution in [0.1, 0.15) is 5.56 Å². The zero-order chi connectivity index (χ0) is 13.3. The molecule has 1 heterocycles. The first kappa shape index (κ1) is 12.0. The Morgan fingerprint density at radius 2 is 1.74 bits per heavy atom. The van der Waals surface area contributed by atoms with Crippen LogP contribution >= 0.6 is 0 Å². The van der Waals surface area contributed by atoms with Crippen LogP contribution in [0, 0.1) is 0 Å². The number of benzene rings is 2. The molecular weight excluding hydrogens is 260 g/mol. The molecule has 96 valence electrons. The summed E-state index contributed by atoms with van der Waals surface area (Å²) in [5.74, 6) is 0.289. The lowest BCUT2D eigenvalue weighted by atomic mass is 10.0. The van der Waals surface area contributed by atoms with E-state index in [-0.39, 0.29) is 5.75 Å². The van der Waals surface area contributed by atoms with Crippen LogP contribution in [0.15, 0.2) is 54.6 Å². The average Bonchev–Trinajstić information content (AvgIpc) is 2.55. The summed E-state index contributed by atoms with van der Waals surface area (Å²) < 4.78 is 28.3. The second-order valence-corrected chi connectivity index (χ2v) is 5.94. The Labute approximate surface area is 112 Å². The summed E-state index contributed by atoms with van der Waals surface area (Å²) in [6.45, 7) is 0. The lowest BCUT2D eigenvalue weighted by molar-refractivity contribution is 0.490. The minimum absolute atomic E-state index is 0.0949. The van der Waals surface area contributed by atoms with Crippen molar-refractivity contribution >= 4 is 16.2 Å². The van der Waals surface area contributed by atoms with Crippen molar-refractivity contribution in [1.82, 2.24) is 0 Å². The molecule has 2 aromatic rings. The van der Waals surface area contributed by atoms with Gasteiger partial charge in [-0.1, -0.05) is 54.6 Å². The summed E-state index contributed by atoms with van der Waals surface area (Å²) in [6, 6.07) is 15.4. The molecular formula is C15H12O3S. The van der Waals surface area contributed by atoms with Gasteiger partial charge < -0.3 is 4.18 Å². The Morgan fingerprint density at radius 3 is 2.53 bits per heavy atom. The molecule has 0 N–H and O–H groups in total. The van der Waals surface area contributed by atoms with Gasteiger partial charge in [0.2, 0.25) is 0 Å². The van der Waals surface area contributed by atoms with Crippen molar-refractivity contribution in [2.75, 3.05) is 5.75 Å². The van der Waals surface area contributed by atoms with E-state index in [0.29, 0.717) is 5.75 Å². The first-order valence-corrected chi connectivity index (χ1v) is 7.50. The largest absolute Gasteiger partial charge is 0.382 e. The fraction of sp³-hybridized carbons (Fsp3) is 0.0667. The van der Waals surface area contributed by atoms with Gasteiger partial charge >= 0.3 is 10.1 Å². The summed E-state index contributed by atoms with van der Waals surface area (Å²) in [7, 11) is -3.52. The predicted octanol–water partition coefficient (Wildman–Crippen LogP) is 3.09. The maximum absolute atomic E-state index is 11.6. The molecule has 1 aliphatic heterocycles. The molecule has 0 spiro atoms. The van der Waals surface area contributed by atoms with Crippen molar-refractivity contribution < 1.29 is 12.6 Å². The van der Waals surface area contributed by atoms with Crippen LogP contribution < -0.4 is 4.18 Å². The highest BCUT2D eigenvalue weighted by atomic mass is 32.2. The van der Waals surface area contributed by atoms with Gasteiger partial charge in [0.05, 0.1) is 0 Å². The molecule has 3 nitrogen and oxygen atoms in total. The van der Waals surface area contributed by atoms with Crippen LogP contribution in [0.5, 0.6) is 5.75 Å². The molecule has 0 saturated carbocycles. The van der Waals surface area contributed by atoms with Gasteiger partial charge in [-0.3, -0.25) is 0 Å². The molecule has 0 saturated heterocycles. The lowest BCUT2D eigenvalue weighted by Crippen LogP contribution is -2.11. The van der Waals surface area contributed by atoms with E-state index in [1.807, 2.05) is 42.5 Å². The zero-order valence-corrected chi connectivity index (χ0v) is 10.9. The van der Waals surface area contributed by atoms with Crippen molar-refractivity contribution in [2.45, 2.75) is 0 Å². The number of hydrogen-bond acceptors (Lipinski definition) is 3. The van der Waals surface area contributed by atoms with Crippen molar-refractivity contribution in [3.63, 3.8) is 0 Å². The highest BCUT2D eigenvalue weighted by Gasteiger charge is 2.17. The van der Waals surface area contributed by atoms with E-state index in [1.165, 1.54) is 0 Å². The third-order valence-corrected chi connectivity index (χ3v) is 3.97. The van der Waals surface area contributed by atoms with Gasteiger partial charge in [0.1, 0.15) is 11.5 Å². The lowest BCUT2D eigenvalue weighted by Gasteiger charge is -2.08. The molecule has 4 heteroatoms. The molecule has 0 aromatic heterocycles. The van der Waals surface area contributed by atoms with Crippen molar-refractivity contribution in [1.29, 1.82) is 0 Å². The Morgan fingerprint density at radius 1 is 0.947 bits per heavy atom. The van der Waals surface area contributed by atoms with Crippen molar-refractivity contribution in [3.05, 3.63) is 60.2 Å². The van der Waals surface area contributed by atoms with E-state index >= 15 is 0 Å². The van der Waals surface area contributed by atoms with Gasteiger partial charge in [0, 0.05) is 5.56 Å². The van der Waals surface area contributed by atoms with Gasteiger partial charge in [-0.15, -0.1) is 0 Å². The highest BCUT2D eigenvalue weighted by Crippen LogP contribution is 2.30. The normalized spacial score (nSPS) is 16.2. The van der Waals surface area contributed by atoms with Crippen LogP contribution in [0.25, 0.3) is 17.2 Å². The Hall–Kier alpha value is -2.07. The quantitative estimate of drug-likeness (QED) is 0.749. The van der Waals surface area contributed by atoms with E-state index in [0.717, 1.165) is 16.7 Å². The molecule has 0 unspecified atom stereocenters. The Bertz CT molecular complexity index is 731. The van der Waals surface area contributed by atoms with Crippen LogP contribution in [-0.4, -0.2) is 14.2 Å². The third-order valence-electron chi connectivity index (χ3n) is 2.94. The van der Waals surface area contributed by atoms with Crippen molar-refractivity contribution in [3.8, 4) is 16.9 Å². The Balaban J connectivity index is 2.10. The topological polar surface area (TPSA) is 43.4 Å². The first-order valence-electron chi connectivity index (χ1n) is 5.92. The fourth-order valence-electron chi connectivity index (χ4n) is 2.02. The molecule has 19 heavy (non-hydrogen) atoms.